The van der Waals surface area contributed by atoms with Crippen LogP contribution in [0, 0.1) is 0 Å². The van der Waals surface area contributed by atoms with Crippen LogP contribution in [-0.2, 0) is 0 Å². The van der Waals surface area contributed by atoms with Crippen molar-refractivity contribution in [3.8, 4) is 0 Å². The van der Waals surface area contributed by atoms with Gasteiger partial charge in [0.05, 0.1) is 6.04 Å². The molecule has 1 aromatic heterocycles. The van der Waals surface area contributed by atoms with Gasteiger partial charge in [-0.05, 0) is 32.0 Å². The third-order valence-electron chi connectivity index (χ3n) is 2.67. The predicted octanol–water partition coefficient (Wildman–Crippen LogP) is 3.66. The van der Waals surface area contributed by atoms with Gasteiger partial charge in [0.25, 0.3) is 0 Å². The molecule has 2 rings (SSSR count). The van der Waals surface area contributed by atoms with Crippen molar-refractivity contribution in [3.05, 3.63) is 48.7 Å². The number of hydrogen-bond donors (Lipinski definition) is 1. The van der Waals surface area contributed by atoms with Gasteiger partial charge in [-0.25, -0.2) is 0 Å². The lowest BCUT2D eigenvalue weighted by atomic mass is 10.2. The molecule has 1 heterocycles. The average molecular weight is 215 g/mol. The summed E-state index contributed by atoms with van der Waals surface area (Å²) >= 11 is 0. The fourth-order valence-electron chi connectivity index (χ4n) is 1.72. The highest BCUT2D eigenvalue weighted by atomic mass is 16.3. The lowest BCUT2D eigenvalue weighted by molar-refractivity contribution is 0.455. The molecule has 1 atom stereocenters. The highest BCUT2D eigenvalue weighted by Crippen LogP contribution is 2.23. The van der Waals surface area contributed by atoms with Crippen LogP contribution in [0.15, 0.2) is 47.4 Å². The van der Waals surface area contributed by atoms with Gasteiger partial charge in [0, 0.05) is 5.39 Å². The van der Waals surface area contributed by atoms with Gasteiger partial charge in [-0.15, -0.1) is 6.58 Å². The molecular formula is C14H17NO. The molecule has 1 unspecified atom stereocenters. The molecule has 1 aromatic carbocycles. The second kappa shape index (κ2) is 4.99. The Kier molecular flexibility index (Phi) is 3.42. The molecule has 0 bridgehead atoms. The number of para-hydroxylation sites is 1. The standard InChI is InChI=1S/C14H17NO/c1-3-4-9-15-11(2)14-10-12-7-5-6-8-13(12)16-14/h3,5-8,10-11,15H,1,4,9H2,2H3. The Hall–Kier alpha value is -1.54. The maximum absolute atomic E-state index is 5.77. The molecule has 2 heteroatoms. The molecule has 0 saturated heterocycles. The molecule has 16 heavy (non-hydrogen) atoms. The fraction of sp³-hybridized carbons (Fsp3) is 0.286. The van der Waals surface area contributed by atoms with E-state index in [9.17, 15) is 0 Å². The second-order valence-electron chi connectivity index (χ2n) is 3.94. The molecule has 0 aliphatic heterocycles. The molecule has 0 spiro atoms. The second-order valence-corrected chi connectivity index (χ2v) is 3.94. The van der Waals surface area contributed by atoms with E-state index in [1.54, 1.807) is 0 Å². The van der Waals surface area contributed by atoms with E-state index in [1.807, 2.05) is 24.3 Å². The van der Waals surface area contributed by atoms with Crippen LogP contribution >= 0.6 is 0 Å². The highest BCUT2D eigenvalue weighted by molar-refractivity contribution is 5.77. The van der Waals surface area contributed by atoms with Crippen molar-refractivity contribution in [2.24, 2.45) is 0 Å². The molecule has 0 aliphatic rings. The molecule has 0 radical (unpaired) electrons. The third kappa shape index (κ3) is 2.34. The highest BCUT2D eigenvalue weighted by Gasteiger charge is 2.09. The molecule has 0 fully saturated rings. The summed E-state index contributed by atoms with van der Waals surface area (Å²) in [7, 11) is 0. The summed E-state index contributed by atoms with van der Waals surface area (Å²) in [5.74, 6) is 0.991. The van der Waals surface area contributed by atoms with Gasteiger partial charge in [-0.3, -0.25) is 0 Å². The van der Waals surface area contributed by atoms with Crippen molar-refractivity contribution >= 4 is 11.0 Å². The molecule has 0 saturated carbocycles. The molecule has 2 nitrogen and oxygen atoms in total. The number of benzene rings is 1. The number of rotatable bonds is 5. The van der Waals surface area contributed by atoms with Gasteiger partial charge >= 0.3 is 0 Å². The summed E-state index contributed by atoms with van der Waals surface area (Å²) in [5, 5.41) is 4.56. The van der Waals surface area contributed by atoms with E-state index < -0.39 is 0 Å². The van der Waals surface area contributed by atoms with Crippen molar-refractivity contribution in [1.29, 1.82) is 0 Å². The summed E-state index contributed by atoms with van der Waals surface area (Å²) in [6, 6.07) is 10.4. The smallest absolute Gasteiger partial charge is 0.134 e. The van der Waals surface area contributed by atoms with Crippen LogP contribution in [0.2, 0.25) is 0 Å². The Morgan fingerprint density at radius 3 is 3.00 bits per heavy atom. The van der Waals surface area contributed by atoms with Crippen LogP contribution in [0.25, 0.3) is 11.0 Å². The Morgan fingerprint density at radius 2 is 2.25 bits per heavy atom. The molecule has 1 N–H and O–H groups in total. The minimum absolute atomic E-state index is 0.243. The normalized spacial score (nSPS) is 12.8. The predicted molar refractivity (Wildman–Crippen MR) is 67.4 cm³/mol. The van der Waals surface area contributed by atoms with E-state index >= 15 is 0 Å². The molecule has 2 aromatic rings. The van der Waals surface area contributed by atoms with Gasteiger partial charge in [-0.1, -0.05) is 24.3 Å². The summed E-state index contributed by atoms with van der Waals surface area (Å²) in [5.41, 5.74) is 0.954. The first-order valence-electron chi connectivity index (χ1n) is 5.64. The average Bonchev–Trinajstić information content (AvgIpc) is 2.73. The lowest BCUT2D eigenvalue weighted by Gasteiger charge is -2.09. The first-order valence-corrected chi connectivity index (χ1v) is 5.64. The van der Waals surface area contributed by atoms with Crippen molar-refractivity contribution < 1.29 is 4.42 Å². The topological polar surface area (TPSA) is 25.2 Å². The van der Waals surface area contributed by atoms with E-state index in [-0.39, 0.29) is 6.04 Å². The lowest BCUT2D eigenvalue weighted by Crippen LogP contribution is -2.18. The van der Waals surface area contributed by atoms with Crippen LogP contribution in [0.3, 0.4) is 0 Å². The SMILES string of the molecule is C=CCCNC(C)c1cc2ccccc2o1. The number of hydrogen-bond acceptors (Lipinski definition) is 2. The van der Waals surface area contributed by atoms with Gasteiger partial charge < -0.3 is 9.73 Å². The van der Waals surface area contributed by atoms with E-state index in [4.69, 9.17) is 4.42 Å². The van der Waals surface area contributed by atoms with Crippen LogP contribution < -0.4 is 5.32 Å². The van der Waals surface area contributed by atoms with E-state index in [1.165, 1.54) is 0 Å². The molecule has 0 aliphatic carbocycles. The minimum Gasteiger partial charge on any atom is -0.459 e. The van der Waals surface area contributed by atoms with Crippen molar-refractivity contribution in [2.75, 3.05) is 6.54 Å². The summed E-state index contributed by atoms with van der Waals surface area (Å²) < 4.78 is 5.77. The van der Waals surface area contributed by atoms with Crippen molar-refractivity contribution in [2.45, 2.75) is 19.4 Å². The van der Waals surface area contributed by atoms with E-state index in [2.05, 4.69) is 31.0 Å². The van der Waals surface area contributed by atoms with Gasteiger partial charge in [0.1, 0.15) is 11.3 Å². The van der Waals surface area contributed by atoms with Crippen LogP contribution in [0.4, 0.5) is 0 Å². The van der Waals surface area contributed by atoms with Crippen LogP contribution in [0.1, 0.15) is 25.1 Å². The van der Waals surface area contributed by atoms with E-state index in [0.717, 1.165) is 29.7 Å². The van der Waals surface area contributed by atoms with Crippen molar-refractivity contribution in [1.82, 2.24) is 5.32 Å². The minimum atomic E-state index is 0.243. The zero-order chi connectivity index (χ0) is 11.4. The van der Waals surface area contributed by atoms with Crippen LogP contribution in [0.5, 0.6) is 0 Å². The zero-order valence-electron chi connectivity index (χ0n) is 9.57. The van der Waals surface area contributed by atoms with Crippen LogP contribution in [-0.4, -0.2) is 6.54 Å². The summed E-state index contributed by atoms with van der Waals surface area (Å²) in [6.45, 7) is 6.75. The van der Waals surface area contributed by atoms with Crippen molar-refractivity contribution in [3.63, 3.8) is 0 Å². The molecular weight excluding hydrogens is 198 g/mol. The molecule has 0 amide bonds. The number of nitrogens with one attached hydrogen (secondary N) is 1. The Balaban J connectivity index is 2.10. The maximum Gasteiger partial charge on any atom is 0.134 e. The summed E-state index contributed by atoms with van der Waals surface area (Å²) in [6.07, 6.45) is 2.89. The fourth-order valence-corrected chi connectivity index (χ4v) is 1.72. The quantitative estimate of drug-likeness (QED) is 0.608. The zero-order valence-corrected chi connectivity index (χ0v) is 9.57. The number of furan rings is 1. The van der Waals surface area contributed by atoms with Gasteiger partial charge in [0.2, 0.25) is 0 Å². The largest absolute Gasteiger partial charge is 0.459 e. The maximum atomic E-state index is 5.77. The van der Waals surface area contributed by atoms with Gasteiger partial charge in [-0.2, -0.15) is 0 Å². The molecule has 84 valence electrons. The Labute approximate surface area is 96.0 Å². The van der Waals surface area contributed by atoms with E-state index in [0.29, 0.717) is 0 Å². The summed E-state index contributed by atoms with van der Waals surface area (Å²) in [4.78, 5) is 0. The monoisotopic (exact) mass is 215 g/mol. The number of fused-ring (bicyclic) bond motifs is 1. The van der Waals surface area contributed by atoms with Gasteiger partial charge in [0.15, 0.2) is 0 Å². The first-order chi connectivity index (χ1) is 7.81. The Morgan fingerprint density at radius 1 is 1.44 bits per heavy atom. The first kappa shape index (κ1) is 11.0. The third-order valence-corrected chi connectivity index (χ3v) is 2.67. The Bertz CT molecular complexity index is 439.